The average molecular weight is 449 g/mol. The molecule has 1 aromatic rings. The summed E-state index contributed by atoms with van der Waals surface area (Å²) in [6.07, 6.45) is 10.5. The zero-order valence-corrected chi connectivity index (χ0v) is 20.6. The fourth-order valence-electron chi connectivity index (χ4n) is 4.72. The molecule has 2 heterocycles. The molecule has 3 rings (SSSR count). The van der Waals surface area contributed by atoms with Crippen LogP contribution >= 0.6 is 0 Å². The zero-order valence-electron chi connectivity index (χ0n) is 20.6. The van der Waals surface area contributed by atoms with Gasteiger partial charge in [-0.05, 0) is 32.8 Å². The second-order valence-electron chi connectivity index (χ2n) is 9.94. The van der Waals surface area contributed by atoms with Crippen LogP contribution in [0.15, 0.2) is 24.3 Å². The molecule has 1 aromatic carbocycles. The third kappa shape index (κ3) is 7.26. The van der Waals surface area contributed by atoms with E-state index in [0.29, 0.717) is 6.61 Å². The van der Waals surface area contributed by atoms with Crippen LogP contribution in [-0.4, -0.2) is 42.1 Å². The Bertz CT molecular complexity index is 659. The molecule has 0 aliphatic carbocycles. The highest BCUT2D eigenvalue weighted by Gasteiger charge is 2.57. The largest absolute Gasteiger partial charge is 0.386 e. The number of aryl methyl sites for hydroxylation is 1. The van der Waals surface area contributed by atoms with E-state index in [-0.39, 0.29) is 12.2 Å². The van der Waals surface area contributed by atoms with Crippen molar-refractivity contribution in [1.29, 1.82) is 0 Å². The van der Waals surface area contributed by atoms with E-state index in [2.05, 4.69) is 6.92 Å². The van der Waals surface area contributed by atoms with E-state index >= 15 is 0 Å². The summed E-state index contributed by atoms with van der Waals surface area (Å²) in [5.41, 5.74) is 1.98. The van der Waals surface area contributed by atoms with Gasteiger partial charge in [-0.25, -0.2) is 0 Å². The number of hydrogen-bond acceptors (Lipinski definition) is 5. The molecule has 5 nitrogen and oxygen atoms in total. The molecule has 5 heteroatoms. The van der Waals surface area contributed by atoms with Crippen molar-refractivity contribution in [2.45, 2.75) is 128 Å². The second-order valence-corrected chi connectivity index (χ2v) is 9.94. The minimum atomic E-state index is -0.786. The van der Waals surface area contributed by atoms with Crippen molar-refractivity contribution in [3.63, 3.8) is 0 Å². The molecule has 0 spiro atoms. The first-order valence-corrected chi connectivity index (χ1v) is 12.8. The molecular weight excluding hydrogens is 404 g/mol. The van der Waals surface area contributed by atoms with Crippen LogP contribution in [0.5, 0.6) is 0 Å². The summed E-state index contributed by atoms with van der Waals surface area (Å²) in [5, 5.41) is 11.0. The summed E-state index contributed by atoms with van der Waals surface area (Å²) in [4.78, 5) is 0. The van der Waals surface area contributed by atoms with E-state index in [1.54, 1.807) is 0 Å². The number of rotatable bonds is 14. The molecule has 0 aromatic heterocycles. The maximum Gasteiger partial charge on any atom is 0.187 e. The molecule has 32 heavy (non-hydrogen) atoms. The number of hydrogen-bond donors (Lipinski definition) is 1. The average Bonchev–Trinajstić information content (AvgIpc) is 3.25. The maximum atomic E-state index is 11.0. The van der Waals surface area contributed by atoms with Gasteiger partial charge in [-0.15, -0.1) is 0 Å². The quantitative estimate of drug-likeness (QED) is 0.343. The fourth-order valence-corrected chi connectivity index (χ4v) is 4.72. The number of benzene rings is 1. The minimum Gasteiger partial charge on any atom is -0.386 e. The lowest BCUT2D eigenvalue weighted by atomic mass is 9.98. The normalized spacial score (nSPS) is 27.5. The lowest BCUT2D eigenvalue weighted by molar-refractivity contribution is -0.243. The molecule has 182 valence electrons. The number of unbranched alkanes of at least 4 members (excludes halogenated alkanes) is 9. The SMILES string of the molecule is CCCCCCCCCCCCO[C@H]1O[C@H](C(O)c2ccc(C)cc2)[C@@H]2OC(C)(C)O[C@H]12. The van der Waals surface area contributed by atoms with E-state index in [1.807, 2.05) is 45.0 Å². The molecule has 0 amide bonds. The molecule has 0 saturated carbocycles. The minimum absolute atomic E-state index is 0.321. The molecule has 2 fully saturated rings. The van der Waals surface area contributed by atoms with Gasteiger partial charge in [0.1, 0.15) is 24.4 Å². The Labute approximate surface area is 194 Å². The van der Waals surface area contributed by atoms with Crippen LogP contribution in [0, 0.1) is 6.92 Å². The standard InChI is InChI=1S/C27H44O5/c1-5-6-7-8-9-10-11-12-13-14-19-29-26-25-24(31-27(3,4)32-25)23(30-26)22(28)21-17-15-20(2)16-18-21/h15-18,22-26,28H,5-14,19H2,1-4H3/t22?,23-,24+,25+,26+/m1/s1. The zero-order chi connectivity index (χ0) is 23.0. The van der Waals surface area contributed by atoms with Crippen LogP contribution in [0.3, 0.4) is 0 Å². The molecule has 0 radical (unpaired) electrons. The highest BCUT2D eigenvalue weighted by atomic mass is 16.8. The third-order valence-electron chi connectivity index (χ3n) is 6.56. The summed E-state index contributed by atoms with van der Waals surface area (Å²) in [5.74, 6) is -0.705. The Morgan fingerprint density at radius 2 is 1.44 bits per heavy atom. The molecule has 1 unspecified atom stereocenters. The lowest BCUT2D eigenvalue weighted by Crippen LogP contribution is -2.34. The van der Waals surface area contributed by atoms with Crippen LogP contribution in [0.1, 0.15) is 102 Å². The molecule has 2 saturated heterocycles. The molecule has 2 aliphatic rings. The number of fused-ring (bicyclic) bond motifs is 1. The van der Waals surface area contributed by atoms with Gasteiger partial charge in [-0.3, -0.25) is 0 Å². The van der Waals surface area contributed by atoms with Crippen LogP contribution in [-0.2, 0) is 18.9 Å². The first-order chi connectivity index (χ1) is 15.4. The smallest absolute Gasteiger partial charge is 0.187 e. The van der Waals surface area contributed by atoms with Gasteiger partial charge in [-0.2, -0.15) is 0 Å². The van der Waals surface area contributed by atoms with Gasteiger partial charge in [0.05, 0.1) is 0 Å². The maximum absolute atomic E-state index is 11.0. The Hall–Kier alpha value is -0.980. The first kappa shape index (κ1) is 25.6. The van der Waals surface area contributed by atoms with Gasteiger partial charge in [0.2, 0.25) is 0 Å². The Morgan fingerprint density at radius 1 is 0.875 bits per heavy atom. The number of aliphatic hydroxyl groups is 1. The van der Waals surface area contributed by atoms with Gasteiger partial charge in [-0.1, -0.05) is 94.5 Å². The van der Waals surface area contributed by atoms with Crippen molar-refractivity contribution in [2.75, 3.05) is 6.61 Å². The van der Waals surface area contributed by atoms with Crippen LogP contribution in [0.25, 0.3) is 0 Å². The fraction of sp³-hybridized carbons (Fsp3) is 0.778. The van der Waals surface area contributed by atoms with Gasteiger partial charge in [0.25, 0.3) is 0 Å². The van der Waals surface area contributed by atoms with Crippen molar-refractivity contribution in [2.24, 2.45) is 0 Å². The van der Waals surface area contributed by atoms with Crippen molar-refractivity contribution >= 4 is 0 Å². The lowest BCUT2D eigenvalue weighted by Gasteiger charge is -2.26. The van der Waals surface area contributed by atoms with E-state index in [0.717, 1.165) is 17.5 Å². The molecular formula is C27H44O5. The van der Waals surface area contributed by atoms with Crippen molar-refractivity contribution in [1.82, 2.24) is 0 Å². The summed E-state index contributed by atoms with van der Waals surface area (Å²) < 4.78 is 24.4. The van der Waals surface area contributed by atoms with Crippen molar-refractivity contribution in [3.8, 4) is 0 Å². The van der Waals surface area contributed by atoms with Crippen LogP contribution in [0.2, 0.25) is 0 Å². The summed E-state index contributed by atoms with van der Waals surface area (Å²) in [6, 6.07) is 7.88. The first-order valence-electron chi connectivity index (χ1n) is 12.8. The van der Waals surface area contributed by atoms with E-state index in [4.69, 9.17) is 18.9 Å². The summed E-state index contributed by atoms with van der Waals surface area (Å²) >= 11 is 0. The van der Waals surface area contributed by atoms with E-state index in [9.17, 15) is 5.11 Å². The molecule has 1 N–H and O–H groups in total. The number of aliphatic hydroxyl groups excluding tert-OH is 1. The van der Waals surface area contributed by atoms with Crippen molar-refractivity contribution in [3.05, 3.63) is 35.4 Å². The van der Waals surface area contributed by atoms with Crippen LogP contribution in [0.4, 0.5) is 0 Å². The molecule has 0 bridgehead atoms. The van der Waals surface area contributed by atoms with E-state index in [1.165, 1.54) is 57.8 Å². The highest BCUT2D eigenvalue weighted by molar-refractivity contribution is 5.24. The van der Waals surface area contributed by atoms with Gasteiger partial charge >= 0.3 is 0 Å². The predicted molar refractivity (Wildman–Crippen MR) is 126 cm³/mol. The second kappa shape index (κ2) is 12.5. The predicted octanol–water partition coefficient (Wildman–Crippen LogP) is 6.21. The third-order valence-corrected chi connectivity index (χ3v) is 6.56. The van der Waals surface area contributed by atoms with Gasteiger partial charge in [0, 0.05) is 6.61 Å². The molecule has 2 aliphatic heterocycles. The van der Waals surface area contributed by atoms with Gasteiger partial charge in [0.15, 0.2) is 12.1 Å². The highest BCUT2D eigenvalue weighted by Crippen LogP contribution is 2.43. The number of ether oxygens (including phenoxy) is 4. The Balaban J connectivity index is 1.41. The Kier molecular flexibility index (Phi) is 9.99. The molecule has 5 atom stereocenters. The summed E-state index contributed by atoms with van der Waals surface area (Å²) in [6.45, 7) is 8.74. The van der Waals surface area contributed by atoms with Crippen LogP contribution < -0.4 is 0 Å². The summed E-state index contributed by atoms with van der Waals surface area (Å²) in [7, 11) is 0. The monoisotopic (exact) mass is 448 g/mol. The van der Waals surface area contributed by atoms with Gasteiger partial charge < -0.3 is 24.1 Å². The Morgan fingerprint density at radius 3 is 2.06 bits per heavy atom. The topological polar surface area (TPSA) is 57.2 Å². The van der Waals surface area contributed by atoms with Crippen molar-refractivity contribution < 1.29 is 24.1 Å². The van der Waals surface area contributed by atoms with E-state index < -0.39 is 24.3 Å².